The molecule has 142 valence electrons. The molecule has 0 N–H and O–H groups in total. The number of rotatable bonds is 5. The van der Waals surface area contributed by atoms with Gasteiger partial charge >= 0.3 is 0 Å². The van der Waals surface area contributed by atoms with E-state index in [9.17, 15) is 0 Å². The number of thioether (sulfide) groups is 1. The minimum absolute atomic E-state index is 0.831. The summed E-state index contributed by atoms with van der Waals surface area (Å²) in [6.07, 6.45) is 8.56. The van der Waals surface area contributed by atoms with E-state index in [1.165, 1.54) is 49.0 Å². The number of hydrogen-bond acceptors (Lipinski definition) is 3. The fourth-order valence-corrected chi connectivity index (χ4v) is 7.94. The molecule has 5 rings (SSSR count). The third-order valence-electron chi connectivity index (χ3n) is 7.44. The Morgan fingerprint density at radius 1 is 0.741 bits per heavy atom. The zero-order valence-electron chi connectivity index (χ0n) is 15.6. The first-order valence-electron chi connectivity index (χ1n) is 10.4. The van der Waals surface area contributed by atoms with Gasteiger partial charge in [0.15, 0.2) is 0 Å². The zero-order chi connectivity index (χ0) is 18.4. The molecule has 2 aromatic rings. The summed E-state index contributed by atoms with van der Waals surface area (Å²) in [6.45, 7) is 0. The maximum absolute atomic E-state index is 4.41. The Hall–Kier alpha value is -0.510. The summed E-state index contributed by atoms with van der Waals surface area (Å²) in [4.78, 5) is 3.56. The number of fused-ring (bicyclic) bond motifs is 5. The molecule has 0 heterocycles. The number of benzene rings is 2. The molecule has 0 radical (unpaired) electrons. The van der Waals surface area contributed by atoms with E-state index in [2.05, 4.69) is 85.6 Å². The topological polar surface area (TPSA) is 0 Å². The second kappa shape index (κ2) is 7.72. The Kier molecular flexibility index (Phi) is 5.30. The Morgan fingerprint density at radius 3 is 2.15 bits per heavy atom. The van der Waals surface area contributed by atoms with Crippen LogP contribution in [-0.2, 0) is 6.42 Å². The molecule has 0 saturated heterocycles. The summed E-state index contributed by atoms with van der Waals surface area (Å²) >= 11 is 10.9. The minimum Gasteiger partial charge on any atom is -0.143 e. The van der Waals surface area contributed by atoms with Crippen molar-refractivity contribution in [1.29, 1.82) is 0 Å². The maximum atomic E-state index is 4.41. The molecule has 6 unspecified atom stereocenters. The molecule has 0 nitrogen and oxygen atoms in total. The van der Waals surface area contributed by atoms with Crippen molar-refractivity contribution in [3.8, 4) is 0 Å². The van der Waals surface area contributed by atoms with E-state index in [-0.39, 0.29) is 0 Å². The molecular weight excluding hydrogens is 384 g/mol. The summed E-state index contributed by atoms with van der Waals surface area (Å²) in [5.41, 5.74) is 1.49. The molecule has 3 aliphatic rings. The van der Waals surface area contributed by atoms with Crippen LogP contribution in [0.25, 0.3) is 0 Å². The summed E-state index contributed by atoms with van der Waals surface area (Å²) in [5.74, 6) is 5.04. The van der Waals surface area contributed by atoms with Gasteiger partial charge in [0.2, 0.25) is 0 Å². The first-order valence-corrected chi connectivity index (χ1v) is 12.2. The lowest BCUT2D eigenvalue weighted by atomic mass is 9.74. The average Bonchev–Trinajstić information content (AvgIpc) is 3.34. The zero-order valence-corrected chi connectivity index (χ0v) is 18.2. The number of thiol groups is 2. The van der Waals surface area contributed by atoms with E-state index in [0.29, 0.717) is 0 Å². The van der Waals surface area contributed by atoms with Crippen LogP contribution in [0.3, 0.4) is 0 Å². The van der Waals surface area contributed by atoms with Crippen LogP contribution in [0.1, 0.15) is 37.7 Å². The predicted molar refractivity (Wildman–Crippen MR) is 121 cm³/mol. The van der Waals surface area contributed by atoms with Gasteiger partial charge in [0.05, 0.1) is 0 Å². The molecular formula is C24H28S3. The van der Waals surface area contributed by atoms with Crippen LogP contribution in [0, 0.1) is 29.6 Å². The molecule has 3 heteroatoms. The van der Waals surface area contributed by atoms with Crippen molar-refractivity contribution in [3.05, 3.63) is 54.1 Å². The van der Waals surface area contributed by atoms with Crippen molar-refractivity contribution in [2.24, 2.45) is 29.6 Å². The molecule has 3 fully saturated rings. The highest BCUT2D eigenvalue weighted by Gasteiger charge is 2.55. The van der Waals surface area contributed by atoms with Gasteiger partial charge in [-0.05, 0) is 110 Å². The van der Waals surface area contributed by atoms with Gasteiger partial charge in [0, 0.05) is 19.9 Å². The molecule has 0 aliphatic heterocycles. The van der Waals surface area contributed by atoms with Gasteiger partial charge in [-0.1, -0.05) is 12.1 Å². The predicted octanol–water partition coefficient (Wildman–Crippen LogP) is 7.04. The van der Waals surface area contributed by atoms with Gasteiger partial charge in [-0.2, -0.15) is 0 Å². The maximum Gasteiger partial charge on any atom is 0.0100 e. The average molecular weight is 413 g/mol. The van der Waals surface area contributed by atoms with Crippen molar-refractivity contribution in [2.45, 2.75) is 58.5 Å². The molecule has 2 aromatic carbocycles. The summed E-state index contributed by atoms with van der Waals surface area (Å²) in [6, 6.07) is 17.5. The van der Waals surface area contributed by atoms with E-state index < -0.39 is 0 Å². The van der Waals surface area contributed by atoms with Crippen molar-refractivity contribution < 1.29 is 0 Å². The Morgan fingerprint density at radius 2 is 1.41 bits per heavy atom. The molecule has 2 bridgehead atoms. The Labute approximate surface area is 178 Å². The molecule has 0 amide bonds. The van der Waals surface area contributed by atoms with Gasteiger partial charge in [0.1, 0.15) is 0 Å². The van der Waals surface area contributed by atoms with Crippen LogP contribution >= 0.6 is 37.0 Å². The molecule has 6 atom stereocenters. The van der Waals surface area contributed by atoms with Crippen molar-refractivity contribution in [1.82, 2.24) is 0 Å². The lowest BCUT2D eigenvalue weighted by Crippen LogP contribution is -2.24. The Bertz CT molecular complexity index is 782. The van der Waals surface area contributed by atoms with Crippen molar-refractivity contribution >= 4 is 37.0 Å². The van der Waals surface area contributed by atoms with E-state index >= 15 is 0 Å². The normalized spacial score (nSPS) is 34.1. The molecule has 27 heavy (non-hydrogen) atoms. The third-order valence-corrected chi connectivity index (χ3v) is 9.30. The van der Waals surface area contributed by atoms with Gasteiger partial charge in [-0.25, -0.2) is 0 Å². The van der Waals surface area contributed by atoms with Crippen molar-refractivity contribution in [3.63, 3.8) is 0 Å². The number of hydrogen-bond donors (Lipinski definition) is 2. The van der Waals surface area contributed by atoms with Crippen LogP contribution in [0.2, 0.25) is 0 Å². The Balaban J connectivity index is 1.18. The highest BCUT2D eigenvalue weighted by molar-refractivity contribution is 8.00. The quantitative estimate of drug-likeness (QED) is 0.497. The van der Waals surface area contributed by atoms with Gasteiger partial charge < -0.3 is 0 Å². The van der Waals surface area contributed by atoms with Gasteiger partial charge in [0.25, 0.3) is 0 Å². The SMILES string of the molecule is Sc1ccc(CCC2CC3CC2C2CC(Sc4ccc(S)cc4)CC32)cc1. The third kappa shape index (κ3) is 3.84. The first-order chi connectivity index (χ1) is 13.2. The number of aryl methyl sites for hydroxylation is 1. The lowest BCUT2D eigenvalue weighted by molar-refractivity contribution is 0.181. The van der Waals surface area contributed by atoms with Gasteiger partial charge in [-0.15, -0.1) is 37.0 Å². The monoisotopic (exact) mass is 412 g/mol. The summed E-state index contributed by atoms with van der Waals surface area (Å²) in [7, 11) is 0. The first kappa shape index (κ1) is 18.5. The van der Waals surface area contributed by atoms with Crippen LogP contribution < -0.4 is 0 Å². The summed E-state index contributed by atoms with van der Waals surface area (Å²) in [5, 5.41) is 0.831. The highest BCUT2D eigenvalue weighted by atomic mass is 32.2. The summed E-state index contributed by atoms with van der Waals surface area (Å²) < 4.78 is 0. The van der Waals surface area contributed by atoms with E-state index in [4.69, 9.17) is 0 Å². The second-order valence-electron chi connectivity index (χ2n) is 8.89. The molecule has 3 saturated carbocycles. The highest BCUT2D eigenvalue weighted by Crippen LogP contribution is 2.63. The molecule has 3 aliphatic carbocycles. The van der Waals surface area contributed by atoms with E-state index in [0.717, 1.165) is 44.6 Å². The van der Waals surface area contributed by atoms with E-state index in [1.54, 1.807) is 0 Å². The van der Waals surface area contributed by atoms with E-state index in [1.807, 2.05) is 0 Å². The van der Waals surface area contributed by atoms with Crippen LogP contribution in [0.15, 0.2) is 63.2 Å². The largest absolute Gasteiger partial charge is 0.143 e. The fourth-order valence-electron chi connectivity index (χ4n) is 6.32. The fraction of sp³-hybridized carbons (Fsp3) is 0.500. The standard InChI is InChI=1S/C24H28S3/c25-18-5-2-15(3-6-18)1-4-16-11-17-12-22(16)24-14-21(13-23(17)24)27-20-9-7-19(26)8-10-20/h2-3,5-10,16-17,21-26H,1,4,11-14H2. The molecule has 0 spiro atoms. The van der Waals surface area contributed by atoms with Gasteiger partial charge in [-0.3, -0.25) is 0 Å². The van der Waals surface area contributed by atoms with Crippen LogP contribution in [0.5, 0.6) is 0 Å². The van der Waals surface area contributed by atoms with Crippen molar-refractivity contribution in [2.75, 3.05) is 0 Å². The smallest absolute Gasteiger partial charge is 0.0100 e. The second-order valence-corrected chi connectivity index (χ2v) is 11.3. The van der Waals surface area contributed by atoms with Crippen LogP contribution in [-0.4, -0.2) is 5.25 Å². The van der Waals surface area contributed by atoms with Crippen LogP contribution in [0.4, 0.5) is 0 Å². The molecule has 0 aromatic heterocycles. The lowest BCUT2D eigenvalue weighted by Gasteiger charge is -2.31. The minimum atomic E-state index is 0.831.